The first-order valence-corrected chi connectivity index (χ1v) is 20.6. The zero-order chi connectivity index (χ0) is 36.4. The molecule has 0 radical (unpaired) electrons. The summed E-state index contributed by atoms with van der Waals surface area (Å²) in [7, 11) is 5.73. The molecule has 1 spiro atoms. The third-order valence-electron chi connectivity index (χ3n) is 12.2. The van der Waals surface area contributed by atoms with E-state index < -0.39 is 28.7 Å². The molecule has 1 aromatic heterocycles. The Morgan fingerprint density at radius 2 is 2.12 bits per heavy atom. The molecule has 5 N–H and O–H groups in total. The predicted octanol–water partition coefficient (Wildman–Crippen LogP) is 4.11. The highest BCUT2D eigenvalue weighted by atomic mass is 33.1. The van der Waals surface area contributed by atoms with E-state index in [0.29, 0.717) is 65.1 Å². The number of hydrogen-bond donors (Lipinski definition) is 4. The van der Waals surface area contributed by atoms with E-state index in [9.17, 15) is 19.5 Å². The van der Waals surface area contributed by atoms with Crippen molar-refractivity contribution in [2.24, 2.45) is 17.6 Å². The second kappa shape index (κ2) is 13.6. The average molecular weight is 747 g/mol. The van der Waals surface area contributed by atoms with Crippen LogP contribution in [0.25, 0.3) is 11.0 Å². The quantitative estimate of drug-likeness (QED) is 0.114. The number of dihydropyridines is 1. The zero-order valence-electron chi connectivity index (χ0n) is 29.7. The molecular weight excluding hydrogens is 701 g/mol. The fourth-order valence-corrected chi connectivity index (χ4v) is 12.6. The van der Waals surface area contributed by atoms with Gasteiger partial charge in [0.15, 0.2) is 11.2 Å². The van der Waals surface area contributed by atoms with Gasteiger partial charge in [0, 0.05) is 85.0 Å². The molecule has 6 aliphatic rings. The number of esters is 1. The van der Waals surface area contributed by atoms with Crippen LogP contribution in [0.15, 0.2) is 79.8 Å². The average Bonchev–Trinajstić information content (AvgIpc) is 3.47. The number of hydrogen-bond acceptors (Lipinski definition) is 12. The number of carbonyl (C=O) groups excluding carboxylic acids is 2. The molecule has 2 aliphatic carbocycles. The van der Waals surface area contributed by atoms with Crippen molar-refractivity contribution in [3.8, 4) is 5.75 Å². The molecule has 0 bridgehead atoms. The lowest BCUT2D eigenvalue weighted by molar-refractivity contribution is -0.186. The van der Waals surface area contributed by atoms with Crippen molar-refractivity contribution in [3.05, 3.63) is 86.6 Å². The minimum atomic E-state index is -1.19. The molecule has 11 nitrogen and oxygen atoms in total. The lowest BCUT2D eigenvalue weighted by atomic mass is 9.61. The Hall–Kier alpha value is -3.65. The Bertz CT molecular complexity index is 2010. The summed E-state index contributed by atoms with van der Waals surface area (Å²) in [5.74, 6) is 1.36. The summed E-state index contributed by atoms with van der Waals surface area (Å²) in [6, 6.07) is 7.51. The van der Waals surface area contributed by atoms with Gasteiger partial charge in [-0.15, -0.1) is 0 Å². The second-order valence-corrected chi connectivity index (χ2v) is 17.6. The highest BCUT2D eigenvalue weighted by Gasteiger charge is 2.64. The van der Waals surface area contributed by atoms with Gasteiger partial charge in [0.1, 0.15) is 11.3 Å². The third-order valence-corrected chi connectivity index (χ3v) is 15.1. The molecule has 1 aromatic carbocycles. The molecule has 276 valence electrons. The number of carbonyl (C=O) groups is 2. The number of rotatable bonds is 5. The van der Waals surface area contributed by atoms with Crippen LogP contribution in [0.3, 0.4) is 0 Å². The molecule has 13 heteroatoms. The van der Waals surface area contributed by atoms with Crippen molar-refractivity contribution in [3.63, 3.8) is 0 Å². The van der Waals surface area contributed by atoms with Crippen LogP contribution in [0.1, 0.15) is 51.5 Å². The number of fused-ring (bicyclic) bond motifs is 5. The number of aliphatic hydroxyl groups excluding tert-OH is 1. The van der Waals surface area contributed by atoms with Crippen LogP contribution in [-0.2, 0) is 20.7 Å². The lowest BCUT2D eigenvalue weighted by Crippen LogP contribution is -2.69. The maximum absolute atomic E-state index is 14.3. The van der Waals surface area contributed by atoms with E-state index in [-0.39, 0.29) is 31.4 Å². The van der Waals surface area contributed by atoms with Gasteiger partial charge in [-0.1, -0.05) is 39.3 Å². The van der Waals surface area contributed by atoms with Gasteiger partial charge in [-0.25, -0.2) is 9.59 Å². The van der Waals surface area contributed by atoms with E-state index in [2.05, 4.69) is 21.6 Å². The largest absolute Gasteiger partial charge is 0.481 e. The van der Waals surface area contributed by atoms with Gasteiger partial charge in [0.05, 0.1) is 24.2 Å². The number of aliphatic hydroxyl groups is 1. The molecule has 52 heavy (non-hydrogen) atoms. The number of nitrogens with one attached hydrogen (secondary N) is 2. The number of allylic oxidation sites excluding steroid dienone is 2. The maximum atomic E-state index is 14.3. The van der Waals surface area contributed by atoms with Crippen LogP contribution in [0.4, 0.5) is 0 Å². The van der Waals surface area contributed by atoms with Crippen LogP contribution in [0, 0.1) is 11.8 Å². The van der Waals surface area contributed by atoms with Crippen molar-refractivity contribution in [1.82, 2.24) is 15.5 Å². The van der Waals surface area contributed by atoms with Gasteiger partial charge < -0.3 is 40.3 Å². The van der Waals surface area contributed by atoms with E-state index in [0.717, 1.165) is 47.1 Å². The number of amides is 1. The fourth-order valence-electron chi connectivity index (χ4n) is 9.45. The second-order valence-electron chi connectivity index (χ2n) is 15.0. The normalized spacial score (nSPS) is 32.8. The number of benzene rings is 1. The monoisotopic (exact) mass is 746 g/mol. The number of ether oxygens (including phenoxy) is 2. The third kappa shape index (κ3) is 5.79. The standard InChI is InChI=1S/C39H46N4O7S2/c1-4-21(10-12-44)37(47)50-38(2)11-9-23-20-51-52-31-7-6-28(41-3)27-19-43(36(27)31)33(45)14-25-18-42-32(40)15-26(25)35(23)39(38)17-24-13-22-5-8-34(46)48-29(22)16-30(24)49-39/h4-5,8-9,13,15-16,27-28,31,35-36,41-42,44H,6-7,10-12,14,17-20,40H2,1-3H3. The van der Waals surface area contributed by atoms with Gasteiger partial charge >= 0.3 is 11.6 Å². The van der Waals surface area contributed by atoms with Crippen LogP contribution in [0.2, 0.25) is 0 Å². The molecule has 1 amide bonds. The first-order chi connectivity index (χ1) is 25.1. The van der Waals surface area contributed by atoms with Crippen LogP contribution in [0.5, 0.6) is 5.75 Å². The smallest absolute Gasteiger partial charge is 0.336 e. The molecular formula is C39H46N4O7S2. The molecule has 2 fully saturated rings. The topological polar surface area (TPSA) is 156 Å². The summed E-state index contributed by atoms with van der Waals surface area (Å²) in [4.78, 5) is 42.5. The van der Waals surface area contributed by atoms with Gasteiger partial charge in [0.25, 0.3) is 0 Å². The first kappa shape index (κ1) is 35.4. The van der Waals surface area contributed by atoms with E-state index in [1.807, 2.05) is 47.7 Å². The Morgan fingerprint density at radius 3 is 2.90 bits per heavy atom. The van der Waals surface area contributed by atoms with Crippen molar-refractivity contribution >= 4 is 44.4 Å². The SMILES string of the molecule is CC=C(CCO)C(=O)OC1(C)CC=C2CSSC3CCC(NC)C4CN(C(=O)CC5=C(C=C(N)NC5)C2C12Cc1cc5ccc(=O)oc5cc1O2)C34. The summed E-state index contributed by atoms with van der Waals surface area (Å²) < 4.78 is 19.4. The zero-order valence-corrected chi connectivity index (χ0v) is 31.4. The molecule has 1 saturated heterocycles. The summed E-state index contributed by atoms with van der Waals surface area (Å²) in [5, 5.41) is 17.6. The molecule has 5 heterocycles. The molecule has 8 rings (SSSR count). The highest BCUT2D eigenvalue weighted by Crippen LogP contribution is 2.58. The summed E-state index contributed by atoms with van der Waals surface area (Å²) in [6.45, 7) is 4.67. The van der Waals surface area contributed by atoms with Crippen molar-refractivity contribution in [2.75, 3.05) is 32.5 Å². The molecule has 7 atom stereocenters. The van der Waals surface area contributed by atoms with Crippen LogP contribution >= 0.6 is 21.6 Å². The van der Waals surface area contributed by atoms with Crippen LogP contribution in [-0.4, -0.2) is 82.9 Å². The Balaban J connectivity index is 1.28. The van der Waals surface area contributed by atoms with Gasteiger partial charge in [-0.2, -0.15) is 0 Å². The van der Waals surface area contributed by atoms with Crippen molar-refractivity contribution in [1.29, 1.82) is 0 Å². The molecule has 1 saturated carbocycles. The predicted molar refractivity (Wildman–Crippen MR) is 203 cm³/mol. The van der Waals surface area contributed by atoms with E-state index in [4.69, 9.17) is 19.6 Å². The van der Waals surface area contributed by atoms with E-state index in [1.165, 1.54) is 6.07 Å². The Morgan fingerprint density at radius 1 is 1.27 bits per heavy atom. The number of nitrogens with zero attached hydrogens (tertiary/aromatic N) is 1. The molecule has 2 aromatic rings. The summed E-state index contributed by atoms with van der Waals surface area (Å²) >= 11 is 0. The molecule has 4 aliphatic heterocycles. The summed E-state index contributed by atoms with van der Waals surface area (Å²) in [5.41, 5.74) is 8.40. The van der Waals surface area contributed by atoms with Gasteiger partial charge in [-0.05, 0) is 68.7 Å². The number of nitrogens with two attached hydrogens (primary N) is 1. The van der Waals surface area contributed by atoms with Crippen molar-refractivity contribution in [2.45, 2.75) is 80.9 Å². The van der Waals surface area contributed by atoms with Crippen LogP contribution < -0.4 is 26.7 Å². The first-order valence-electron chi connectivity index (χ1n) is 18.2. The van der Waals surface area contributed by atoms with Crippen molar-refractivity contribution < 1.29 is 28.6 Å². The minimum Gasteiger partial charge on any atom is -0.481 e. The fraction of sp³-hybridized carbons (Fsp3) is 0.513. The Labute approximate surface area is 310 Å². The molecule has 7 unspecified atom stereocenters. The Kier molecular flexibility index (Phi) is 9.28. The minimum absolute atomic E-state index is 0.112. The van der Waals surface area contributed by atoms with E-state index in [1.54, 1.807) is 25.1 Å². The maximum Gasteiger partial charge on any atom is 0.336 e. The van der Waals surface area contributed by atoms with Gasteiger partial charge in [-0.3, -0.25) is 4.79 Å². The lowest BCUT2D eigenvalue weighted by Gasteiger charge is -2.57. The van der Waals surface area contributed by atoms with E-state index >= 15 is 0 Å². The highest BCUT2D eigenvalue weighted by molar-refractivity contribution is 8.77. The summed E-state index contributed by atoms with van der Waals surface area (Å²) in [6.07, 6.45) is 9.12. The van der Waals surface area contributed by atoms with Gasteiger partial charge in [0.2, 0.25) is 5.91 Å².